The van der Waals surface area contributed by atoms with Gasteiger partial charge in [0.2, 0.25) is 5.91 Å². The standard InChI is InChI=1S/C24H23N3O4/c1-2-17-10-12-18(13-11-17)25-22(28)15-21-23(29)27(19-7-4-3-5-8-19)24(30)26(21)16-20-9-6-14-31-20/h3-14,21H,2,15-16H2,1H3,(H,25,28). The molecule has 7 nitrogen and oxygen atoms in total. The summed E-state index contributed by atoms with van der Waals surface area (Å²) in [4.78, 5) is 41.5. The lowest BCUT2D eigenvalue weighted by atomic mass is 10.1. The van der Waals surface area contributed by atoms with Crippen LogP contribution in [0.1, 0.15) is 24.7 Å². The zero-order valence-corrected chi connectivity index (χ0v) is 17.2. The average Bonchev–Trinajstić information content (AvgIpc) is 3.37. The molecule has 4 rings (SSSR count). The van der Waals surface area contributed by atoms with Crippen molar-refractivity contribution in [3.8, 4) is 0 Å². The lowest BCUT2D eigenvalue weighted by Crippen LogP contribution is -2.37. The van der Waals surface area contributed by atoms with E-state index >= 15 is 0 Å². The third-order valence-corrected chi connectivity index (χ3v) is 5.26. The Labute approximate surface area is 180 Å². The average molecular weight is 417 g/mol. The number of amides is 4. The highest BCUT2D eigenvalue weighted by molar-refractivity contribution is 6.22. The molecule has 2 aromatic carbocycles. The maximum absolute atomic E-state index is 13.2. The number of hydrogen-bond acceptors (Lipinski definition) is 4. The Morgan fingerprint density at radius 3 is 2.39 bits per heavy atom. The zero-order chi connectivity index (χ0) is 21.8. The first kappa shape index (κ1) is 20.4. The highest BCUT2D eigenvalue weighted by Crippen LogP contribution is 2.28. The Hall–Kier alpha value is -3.87. The number of furan rings is 1. The van der Waals surface area contributed by atoms with Gasteiger partial charge in [-0.1, -0.05) is 37.3 Å². The van der Waals surface area contributed by atoms with E-state index in [2.05, 4.69) is 12.2 Å². The molecule has 1 atom stereocenters. The lowest BCUT2D eigenvalue weighted by Gasteiger charge is -2.20. The summed E-state index contributed by atoms with van der Waals surface area (Å²) in [5.74, 6) is -0.231. The predicted octanol–water partition coefficient (Wildman–Crippen LogP) is 4.21. The lowest BCUT2D eigenvalue weighted by molar-refractivity contribution is -0.124. The third-order valence-electron chi connectivity index (χ3n) is 5.26. The molecule has 1 saturated heterocycles. The topological polar surface area (TPSA) is 82.9 Å². The van der Waals surface area contributed by atoms with Crippen LogP contribution < -0.4 is 10.2 Å². The van der Waals surface area contributed by atoms with Crippen molar-refractivity contribution in [3.05, 3.63) is 84.3 Å². The van der Waals surface area contributed by atoms with Gasteiger partial charge in [0.15, 0.2) is 0 Å². The van der Waals surface area contributed by atoms with Crippen LogP contribution in [0.25, 0.3) is 0 Å². The molecule has 4 amide bonds. The number of para-hydroxylation sites is 1. The van der Waals surface area contributed by atoms with Gasteiger partial charge in [0.25, 0.3) is 5.91 Å². The van der Waals surface area contributed by atoms with E-state index in [1.807, 2.05) is 30.3 Å². The maximum Gasteiger partial charge on any atom is 0.332 e. The van der Waals surface area contributed by atoms with Crippen LogP contribution in [0, 0.1) is 0 Å². The minimum atomic E-state index is -0.923. The second-order valence-electron chi connectivity index (χ2n) is 7.32. The summed E-state index contributed by atoms with van der Waals surface area (Å²) >= 11 is 0. The minimum Gasteiger partial charge on any atom is -0.467 e. The van der Waals surface area contributed by atoms with Crippen LogP contribution in [0.2, 0.25) is 0 Å². The first-order chi connectivity index (χ1) is 15.1. The Kier molecular flexibility index (Phi) is 5.84. The second kappa shape index (κ2) is 8.87. The summed E-state index contributed by atoms with van der Waals surface area (Å²) in [7, 11) is 0. The number of nitrogens with zero attached hydrogens (tertiary/aromatic N) is 2. The summed E-state index contributed by atoms with van der Waals surface area (Å²) in [6.45, 7) is 2.16. The smallest absolute Gasteiger partial charge is 0.332 e. The van der Waals surface area contributed by atoms with Crippen LogP contribution in [-0.4, -0.2) is 28.8 Å². The number of anilines is 2. The second-order valence-corrected chi connectivity index (χ2v) is 7.32. The molecule has 2 heterocycles. The van der Waals surface area contributed by atoms with Crippen molar-refractivity contribution in [2.24, 2.45) is 0 Å². The Morgan fingerprint density at radius 2 is 1.74 bits per heavy atom. The van der Waals surface area contributed by atoms with E-state index in [1.165, 1.54) is 11.2 Å². The first-order valence-electron chi connectivity index (χ1n) is 10.2. The Morgan fingerprint density at radius 1 is 1.00 bits per heavy atom. The number of rotatable bonds is 7. The summed E-state index contributed by atoms with van der Waals surface area (Å²) in [5.41, 5.74) is 2.29. The van der Waals surface area contributed by atoms with Crippen molar-refractivity contribution in [2.45, 2.75) is 32.4 Å². The summed E-state index contributed by atoms with van der Waals surface area (Å²) in [6.07, 6.45) is 2.27. The molecule has 1 unspecified atom stereocenters. The van der Waals surface area contributed by atoms with Gasteiger partial charge in [-0.15, -0.1) is 0 Å². The van der Waals surface area contributed by atoms with E-state index < -0.39 is 18.0 Å². The van der Waals surface area contributed by atoms with Crippen molar-refractivity contribution in [2.75, 3.05) is 10.2 Å². The molecule has 0 aliphatic carbocycles. The van der Waals surface area contributed by atoms with Gasteiger partial charge in [0.05, 0.1) is 24.9 Å². The summed E-state index contributed by atoms with van der Waals surface area (Å²) < 4.78 is 5.37. The number of urea groups is 1. The Balaban J connectivity index is 1.55. The fourth-order valence-electron chi connectivity index (χ4n) is 3.61. The molecular weight excluding hydrogens is 394 g/mol. The fourth-order valence-corrected chi connectivity index (χ4v) is 3.61. The first-order valence-corrected chi connectivity index (χ1v) is 10.2. The van der Waals surface area contributed by atoms with Gasteiger partial charge in [-0.2, -0.15) is 0 Å². The number of aryl methyl sites for hydroxylation is 1. The van der Waals surface area contributed by atoms with Crippen molar-refractivity contribution in [3.63, 3.8) is 0 Å². The largest absolute Gasteiger partial charge is 0.467 e. The molecule has 1 aliphatic rings. The van der Waals surface area contributed by atoms with Gasteiger partial charge < -0.3 is 14.6 Å². The van der Waals surface area contributed by atoms with Gasteiger partial charge in [0.1, 0.15) is 11.8 Å². The molecule has 0 bridgehead atoms. The van der Waals surface area contributed by atoms with Crippen LogP contribution in [0.4, 0.5) is 16.2 Å². The van der Waals surface area contributed by atoms with E-state index in [4.69, 9.17) is 4.42 Å². The van der Waals surface area contributed by atoms with E-state index in [-0.39, 0.29) is 18.9 Å². The van der Waals surface area contributed by atoms with Gasteiger partial charge in [-0.3, -0.25) is 9.59 Å². The molecule has 1 fully saturated rings. The predicted molar refractivity (Wildman–Crippen MR) is 116 cm³/mol. The molecule has 0 spiro atoms. The Bertz CT molecular complexity index is 1060. The summed E-state index contributed by atoms with van der Waals surface area (Å²) in [5, 5.41) is 2.82. The third kappa shape index (κ3) is 4.35. The fraction of sp³-hybridized carbons (Fsp3) is 0.208. The van der Waals surface area contributed by atoms with Gasteiger partial charge in [-0.05, 0) is 48.4 Å². The molecule has 1 aromatic heterocycles. The molecule has 0 radical (unpaired) electrons. The molecule has 3 aromatic rings. The van der Waals surface area contributed by atoms with Crippen LogP contribution in [0.3, 0.4) is 0 Å². The molecule has 1 N–H and O–H groups in total. The van der Waals surface area contributed by atoms with Crippen LogP contribution in [-0.2, 0) is 22.6 Å². The van der Waals surface area contributed by atoms with Crippen LogP contribution in [0.15, 0.2) is 77.4 Å². The maximum atomic E-state index is 13.2. The van der Waals surface area contributed by atoms with Crippen molar-refractivity contribution in [1.82, 2.24) is 4.90 Å². The van der Waals surface area contributed by atoms with Crippen molar-refractivity contribution < 1.29 is 18.8 Å². The monoisotopic (exact) mass is 417 g/mol. The highest BCUT2D eigenvalue weighted by atomic mass is 16.3. The van der Waals surface area contributed by atoms with Gasteiger partial charge in [-0.25, -0.2) is 9.69 Å². The van der Waals surface area contributed by atoms with Crippen molar-refractivity contribution in [1.29, 1.82) is 0 Å². The van der Waals surface area contributed by atoms with Gasteiger partial charge in [0, 0.05) is 5.69 Å². The van der Waals surface area contributed by atoms with E-state index in [1.54, 1.807) is 36.4 Å². The molecule has 1 aliphatic heterocycles. The summed E-state index contributed by atoms with van der Waals surface area (Å²) in [6, 6.07) is 18.3. The van der Waals surface area contributed by atoms with E-state index in [0.717, 1.165) is 16.9 Å². The molecule has 158 valence electrons. The minimum absolute atomic E-state index is 0.101. The van der Waals surface area contributed by atoms with Crippen LogP contribution in [0.5, 0.6) is 0 Å². The zero-order valence-electron chi connectivity index (χ0n) is 17.2. The molecule has 7 heteroatoms. The number of imide groups is 1. The number of hydrogen-bond donors (Lipinski definition) is 1. The van der Waals surface area contributed by atoms with E-state index in [9.17, 15) is 14.4 Å². The highest BCUT2D eigenvalue weighted by Gasteiger charge is 2.46. The van der Waals surface area contributed by atoms with E-state index in [0.29, 0.717) is 17.1 Å². The number of carbonyl (C=O) groups excluding carboxylic acids is 3. The number of carbonyl (C=O) groups is 3. The molecule has 31 heavy (non-hydrogen) atoms. The van der Waals surface area contributed by atoms with Gasteiger partial charge >= 0.3 is 6.03 Å². The quantitative estimate of drug-likeness (QED) is 0.584. The van der Waals surface area contributed by atoms with Crippen LogP contribution >= 0.6 is 0 Å². The molecular formula is C24H23N3O4. The number of benzene rings is 2. The van der Waals surface area contributed by atoms with Crippen molar-refractivity contribution >= 4 is 29.2 Å². The SMILES string of the molecule is CCc1ccc(NC(=O)CC2C(=O)N(c3ccccc3)C(=O)N2Cc2ccco2)cc1. The normalized spacial score (nSPS) is 16.1. The number of nitrogens with one attached hydrogen (secondary N) is 1. The molecule has 0 saturated carbocycles.